The normalized spacial score (nSPS) is 11.2. The molecule has 5 heteroatoms. The minimum absolute atomic E-state index is 0.0788. The molecule has 0 unspecified atom stereocenters. The van der Waals surface area contributed by atoms with Crippen molar-refractivity contribution in [2.24, 2.45) is 0 Å². The fourth-order valence-corrected chi connectivity index (χ4v) is 3.46. The summed E-state index contributed by atoms with van der Waals surface area (Å²) in [5.41, 5.74) is 2.01. The number of alkyl halides is 2. The second-order valence-corrected chi connectivity index (χ2v) is 6.90. The molecule has 0 radical (unpaired) electrons. The first-order chi connectivity index (χ1) is 14.0. The average molecular weight is 402 g/mol. The highest BCUT2D eigenvalue weighted by atomic mass is 19.3. The van der Waals surface area contributed by atoms with E-state index in [-0.39, 0.29) is 11.3 Å². The van der Waals surface area contributed by atoms with Gasteiger partial charge in [0.1, 0.15) is 17.3 Å². The predicted molar refractivity (Wildman–Crippen MR) is 110 cm³/mol. The van der Waals surface area contributed by atoms with Crippen molar-refractivity contribution in [1.82, 2.24) is 0 Å². The Morgan fingerprint density at radius 1 is 0.897 bits per heavy atom. The highest BCUT2D eigenvalue weighted by Gasteiger charge is 2.18. The van der Waals surface area contributed by atoms with Gasteiger partial charge in [0, 0.05) is 10.9 Å². The quantitative estimate of drug-likeness (QED) is 0.348. The van der Waals surface area contributed by atoms with Crippen molar-refractivity contribution in [2.75, 3.05) is 6.61 Å². The van der Waals surface area contributed by atoms with Crippen LogP contribution in [0.1, 0.15) is 38.7 Å². The van der Waals surface area contributed by atoms with E-state index in [1.165, 1.54) is 6.07 Å². The van der Waals surface area contributed by atoms with Crippen LogP contribution in [0.15, 0.2) is 48.5 Å². The van der Waals surface area contributed by atoms with Gasteiger partial charge in [-0.2, -0.15) is 8.78 Å². The Labute approximate surface area is 169 Å². The van der Waals surface area contributed by atoms with E-state index in [9.17, 15) is 8.78 Å². The van der Waals surface area contributed by atoms with E-state index >= 15 is 4.39 Å². The molecule has 0 aliphatic heterocycles. The molecule has 0 heterocycles. The zero-order valence-electron chi connectivity index (χ0n) is 16.7. The van der Waals surface area contributed by atoms with Crippen molar-refractivity contribution in [1.29, 1.82) is 0 Å². The van der Waals surface area contributed by atoms with Crippen LogP contribution in [0.5, 0.6) is 11.5 Å². The van der Waals surface area contributed by atoms with Crippen molar-refractivity contribution in [3.63, 3.8) is 0 Å². The molecule has 29 heavy (non-hydrogen) atoms. The smallest absolute Gasteiger partial charge is 0.387 e. The number of unbranched alkanes of at least 4 members (excludes halogenated alkanes) is 2. The average Bonchev–Trinajstić information content (AvgIpc) is 2.70. The number of fused-ring (bicyclic) bond motifs is 1. The zero-order valence-corrected chi connectivity index (χ0v) is 16.7. The van der Waals surface area contributed by atoms with E-state index in [2.05, 4.69) is 4.74 Å². The third-order valence-corrected chi connectivity index (χ3v) is 4.88. The lowest BCUT2D eigenvalue weighted by Gasteiger charge is -2.15. The summed E-state index contributed by atoms with van der Waals surface area (Å²) >= 11 is 0. The Morgan fingerprint density at radius 2 is 1.62 bits per heavy atom. The summed E-state index contributed by atoms with van der Waals surface area (Å²) in [5.74, 6) is 0.213. The lowest BCUT2D eigenvalue weighted by molar-refractivity contribution is -0.0505. The maximum atomic E-state index is 15.1. The summed E-state index contributed by atoms with van der Waals surface area (Å²) in [6.07, 6.45) is 2.97. The largest absolute Gasteiger partial charge is 0.494 e. The van der Waals surface area contributed by atoms with Gasteiger partial charge in [-0.3, -0.25) is 0 Å². The van der Waals surface area contributed by atoms with Crippen LogP contribution in [0.2, 0.25) is 0 Å². The van der Waals surface area contributed by atoms with Crippen LogP contribution < -0.4 is 9.47 Å². The fraction of sp³-hybridized carbons (Fsp3) is 0.333. The maximum Gasteiger partial charge on any atom is 0.387 e. The Balaban J connectivity index is 2.01. The van der Waals surface area contributed by atoms with E-state index < -0.39 is 12.4 Å². The summed E-state index contributed by atoms with van der Waals surface area (Å²) in [6, 6.07) is 14.4. The molecule has 3 rings (SSSR count). The molecular formula is C24H25F3O2. The molecule has 0 aromatic heterocycles. The summed E-state index contributed by atoms with van der Waals surface area (Å²) in [5, 5.41) is 0.941. The van der Waals surface area contributed by atoms with E-state index in [1.54, 1.807) is 12.1 Å². The van der Waals surface area contributed by atoms with E-state index in [0.29, 0.717) is 23.8 Å². The van der Waals surface area contributed by atoms with Crippen molar-refractivity contribution in [2.45, 2.75) is 46.1 Å². The molecule has 0 atom stereocenters. The first kappa shape index (κ1) is 21.0. The van der Waals surface area contributed by atoms with Crippen LogP contribution in [0, 0.1) is 5.82 Å². The van der Waals surface area contributed by atoms with Crippen LogP contribution >= 0.6 is 0 Å². The Bertz CT molecular complexity index is 952. The molecule has 0 N–H and O–H groups in total. The van der Waals surface area contributed by atoms with Gasteiger partial charge in [-0.1, -0.05) is 44.0 Å². The van der Waals surface area contributed by atoms with Crippen LogP contribution in [-0.2, 0) is 6.42 Å². The summed E-state index contributed by atoms with van der Waals surface area (Å²) < 4.78 is 51.1. The van der Waals surface area contributed by atoms with E-state index in [4.69, 9.17) is 4.74 Å². The molecule has 0 aliphatic carbocycles. The maximum absolute atomic E-state index is 15.1. The Hall–Kier alpha value is -2.69. The third-order valence-electron chi connectivity index (χ3n) is 4.88. The van der Waals surface area contributed by atoms with Gasteiger partial charge < -0.3 is 9.47 Å². The van der Waals surface area contributed by atoms with Crippen molar-refractivity contribution < 1.29 is 22.6 Å². The number of ether oxygens (including phenoxy) is 2. The first-order valence-electron chi connectivity index (χ1n) is 9.96. The van der Waals surface area contributed by atoms with Crippen molar-refractivity contribution >= 4 is 10.8 Å². The monoisotopic (exact) mass is 402 g/mol. The molecule has 0 saturated carbocycles. The summed E-state index contributed by atoms with van der Waals surface area (Å²) in [7, 11) is 0. The van der Waals surface area contributed by atoms with Crippen LogP contribution in [0.25, 0.3) is 21.9 Å². The fourth-order valence-electron chi connectivity index (χ4n) is 3.46. The predicted octanol–water partition coefficient (Wildman–Crippen LogP) is 7.38. The van der Waals surface area contributed by atoms with Crippen molar-refractivity contribution in [3.8, 4) is 22.6 Å². The van der Waals surface area contributed by atoms with Gasteiger partial charge in [0.15, 0.2) is 0 Å². The third kappa shape index (κ3) is 5.03. The number of hydrogen-bond acceptors (Lipinski definition) is 2. The molecule has 3 aromatic rings. The first-order valence-corrected chi connectivity index (χ1v) is 9.96. The van der Waals surface area contributed by atoms with Crippen molar-refractivity contribution in [3.05, 3.63) is 59.9 Å². The SMILES string of the molecule is CCCCCc1c(OC(F)F)cc2cc(-c3ccc(OCC)cc3)ccc2c1F. The minimum Gasteiger partial charge on any atom is -0.494 e. The number of hydrogen-bond donors (Lipinski definition) is 0. The van der Waals surface area contributed by atoms with Crippen LogP contribution in [-0.4, -0.2) is 13.2 Å². The van der Waals surface area contributed by atoms with Gasteiger partial charge in [0.2, 0.25) is 0 Å². The number of benzene rings is 3. The molecule has 0 aliphatic rings. The van der Waals surface area contributed by atoms with E-state index in [1.807, 2.05) is 44.2 Å². The summed E-state index contributed by atoms with van der Waals surface area (Å²) in [4.78, 5) is 0. The van der Waals surface area contributed by atoms with Crippen LogP contribution in [0.3, 0.4) is 0 Å². The number of rotatable bonds is 9. The van der Waals surface area contributed by atoms with Crippen LogP contribution in [0.4, 0.5) is 13.2 Å². The summed E-state index contributed by atoms with van der Waals surface area (Å²) in [6.45, 7) is 1.55. The highest BCUT2D eigenvalue weighted by molar-refractivity contribution is 5.90. The minimum atomic E-state index is -2.99. The second kappa shape index (κ2) is 9.68. The molecule has 0 saturated heterocycles. The van der Waals surface area contributed by atoms with Gasteiger partial charge in [-0.15, -0.1) is 0 Å². The Morgan fingerprint density at radius 3 is 2.28 bits per heavy atom. The topological polar surface area (TPSA) is 18.5 Å². The van der Waals surface area contributed by atoms with Gasteiger partial charge in [-0.05, 0) is 60.5 Å². The standard InChI is InChI=1S/C24H25F3O2/c1-3-5-6-7-21-22(29-24(26)27)15-18-14-17(10-13-20(18)23(21)25)16-8-11-19(12-9-16)28-4-2/h8-15,24H,3-7H2,1-2H3. The Kier molecular flexibility index (Phi) is 7.02. The second-order valence-electron chi connectivity index (χ2n) is 6.90. The van der Waals surface area contributed by atoms with E-state index in [0.717, 1.165) is 36.1 Å². The molecule has 0 bridgehead atoms. The van der Waals surface area contributed by atoms with Gasteiger partial charge >= 0.3 is 6.61 Å². The zero-order chi connectivity index (χ0) is 20.8. The molecule has 0 fully saturated rings. The number of halogens is 3. The molecule has 2 nitrogen and oxygen atoms in total. The molecule has 154 valence electrons. The van der Waals surface area contributed by atoms with Gasteiger partial charge in [0.25, 0.3) is 0 Å². The molecular weight excluding hydrogens is 377 g/mol. The van der Waals surface area contributed by atoms with Gasteiger partial charge in [-0.25, -0.2) is 4.39 Å². The lowest BCUT2D eigenvalue weighted by Crippen LogP contribution is -2.06. The molecule has 0 amide bonds. The lowest BCUT2D eigenvalue weighted by atomic mass is 9.97. The molecule has 3 aromatic carbocycles. The van der Waals surface area contributed by atoms with Gasteiger partial charge in [0.05, 0.1) is 6.61 Å². The highest BCUT2D eigenvalue weighted by Crippen LogP contribution is 2.35. The molecule has 0 spiro atoms.